The SMILES string of the molecule is CCCCc1cnc(-c2ccc(OCCCC3CCC(CCC)CC3)cc2)nc1. The number of aromatic nitrogens is 2. The van der Waals surface area contributed by atoms with Crippen molar-refractivity contribution in [3.8, 4) is 17.1 Å². The van der Waals surface area contributed by atoms with Crippen LogP contribution in [0.25, 0.3) is 11.4 Å². The van der Waals surface area contributed by atoms with Crippen molar-refractivity contribution in [2.24, 2.45) is 11.8 Å². The third-order valence-electron chi connectivity index (χ3n) is 6.33. The Balaban J connectivity index is 1.37. The van der Waals surface area contributed by atoms with Gasteiger partial charge >= 0.3 is 0 Å². The van der Waals surface area contributed by atoms with E-state index in [-0.39, 0.29) is 0 Å². The highest BCUT2D eigenvalue weighted by Crippen LogP contribution is 2.33. The van der Waals surface area contributed by atoms with Crippen LogP contribution in [0.4, 0.5) is 0 Å². The number of hydrogen-bond donors (Lipinski definition) is 0. The lowest BCUT2D eigenvalue weighted by Gasteiger charge is -2.28. The molecule has 0 N–H and O–H groups in total. The van der Waals surface area contributed by atoms with E-state index in [1.807, 2.05) is 24.5 Å². The number of unbranched alkanes of at least 4 members (excludes halogenated alkanes) is 1. The van der Waals surface area contributed by atoms with Crippen molar-refractivity contribution >= 4 is 0 Å². The number of benzene rings is 1. The van der Waals surface area contributed by atoms with Gasteiger partial charge in [0.2, 0.25) is 0 Å². The molecule has 3 nitrogen and oxygen atoms in total. The predicted molar refractivity (Wildman–Crippen MR) is 121 cm³/mol. The van der Waals surface area contributed by atoms with E-state index >= 15 is 0 Å². The molecule has 0 radical (unpaired) electrons. The minimum Gasteiger partial charge on any atom is -0.494 e. The van der Waals surface area contributed by atoms with Gasteiger partial charge in [-0.2, -0.15) is 0 Å². The lowest BCUT2D eigenvalue weighted by atomic mass is 9.78. The van der Waals surface area contributed by atoms with Crippen LogP contribution in [0.3, 0.4) is 0 Å². The molecule has 29 heavy (non-hydrogen) atoms. The summed E-state index contributed by atoms with van der Waals surface area (Å²) in [5.41, 5.74) is 2.26. The average molecular weight is 395 g/mol. The zero-order valence-electron chi connectivity index (χ0n) is 18.4. The van der Waals surface area contributed by atoms with E-state index in [0.29, 0.717) is 0 Å². The first-order valence-electron chi connectivity index (χ1n) is 11.8. The Morgan fingerprint density at radius 1 is 0.828 bits per heavy atom. The van der Waals surface area contributed by atoms with Crippen LogP contribution < -0.4 is 4.74 Å². The largest absolute Gasteiger partial charge is 0.494 e. The molecule has 1 aromatic heterocycles. The predicted octanol–water partition coefficient (Wildman–Crippen LogP) is 7.25. The molecule has 1 heterocycles. The third kappa shape index (κ3) is 7.13. The Kier molecular flexibility index (Phi) is 8.98. The van der Waals surface area contributed by atoms with E-state index in [9.17, 15) is 0 Å². The Labute approximate surface area is 177 Å². The normalized spacial score (nSPS) is 19.2. The highest BCUT2D eigenvalue weighted by atomic mass is 16.5. The summed E-state index contributed by atoms with van der Waals surface area (Å²) >= 11 is 0. The van der Waals surface area contributed by atoms with Crippen molar-refractivity contribution in [1.82, 2.24) is 9.97 Å². The van der Waals surface area contributed by atoms with Gasteiger partial charge in [-0.25, -0.2) is 9.97 Å². The van der Waals surface area contributed by atoms with Crippen LogP contribution in [-0.4, -0.2) is 16.6 Å². The number of rotatable bonds is 11. The zero-order valence-corrected chi connectivity index (χ0v) is 18.4. The van der Waals surface area contributed by atoms with Crippen molar-refractivity contribution in [2.45, 2.75) is 84.5 Å². The first-order chi connectivity index (χ1) is 14.3. The topological polar surface area (TPSA) is 35.0 Å². The smallest absolute Gasteiger partial charge is 0.159 e. The van der Waals surface area contributed by atoms with E-state index in [1.54, 1.807) is 0 Å². The van der Waals surface area contributed by atoms with E-state index < -0.39 is 0 Å². The maximum Gasteiger partial charge on any atom is 0.159 e. The summed E-state index contributed by atoms with van der Waals surface area (Å²) in [7, 11) is 0. The van der Waals surface area contributed by atoms with Gasteiger partial charge in [-0.3, -0.25) is 0 Å². The fourth-order valence-corrected chi connectivity index (χ4v) is 4.49. The molecule has 1 aromatic carbocycles. The van der Waals surface area contributed by atoms with E-state index in [0.717, 1.165) is 48.4 Å². The maximum atomic E-state index is 5.97. The number of nitrogens with zero attached hydrogens (tertiary/aromatic N) is 2. The quantitative estimate of drug-likeness (QED) is 0.376. The van der Waals surface area contributed by atoms with Crippen LogP contribution >= 0.6 is 0 Å². The molecule has 0 spiro atoms. The van der Waals surface area contributed by atoms with Crippen LogP contribution in [-0.2, 0) is 6.42 Å². The Morgan fingerprint density at radius 3 is 2.10 bits per heavy atom. The Morgan fingerprint density at radius 2 is 1.48 bits per heavy atom. The van der Waals surface area contributed by atoms with Crippen LogP contribution in [0, 0.1) is 11.8 Å². The maximum absolute atomic E-state index is 5.97. The van der Waals surface area contributed by atoms with Crippen LogP contribution in [0.1, 0.15) is 83.6 Å². The second-order valence-corrected chi connectivity index (χ2v) is 8.71. The fraction of sp³-hybridized carbons (Fsp3) is 0.615. The van der Waals surface area contributed by atoms with Gasteiger partial charge in [0.25, 0.3) is 0 Å². The van der Waals surface area contributed by atoms with Gasteiger partial charge in [0.05, 0.1) is 6.61 Å². The van der Waals surface area contributed by atoms with Crippen LogP contribution in [0.15, 0.2) is 36.7 Å². The van der Waals surface area contributed by atoms with E-state index in [4.69, 9.17) is 4.74 Å². The van der Waals surface area contributed by atoms with Gasteiger partial charge in [-0.05, 0) is 67.3 Å². The zero-order chi connectivity index (χ0) is 20.3. The summed E-state index contributed by atoms with van der Waals surface area (Å²) < 4.78 is 5.97. The number of ether oxygens (including phenoxy) is 1. The monoisotopic (exact) mass is 394 g/mol. The molecule has 0 bridgehead atoms. The number of aryl methyl sites for hydroxylation is 1. The first kappa shape index (κ1) is 21.8. The molecule has 0 aliphatic heterocycles. The van der Waals surface area contributed by atoms with E-state index in [2.05, 4.69) is 35.9 Å². The summed E-state index contributed by atoms with van der Waals surface area (Å²) in [6, 6.07) is 8.20. The summed E-state index contributed by atoms with van der Waals surface area (Å²) in [5.74, 6) is 3.66. The lowest BCUT2D eigenvalue weighted by molar-refractivity contribution is 0.230. The van der Waals surface area contributed by atoms with Gasteiger partial charge in [0.15, 0.2) is 5.82 Å². The molecule has 2 aromatic rings. The van der Waals surface area contributed by atoms with Gasteiger partial charge in [-0.1, -0.05) is 58.8 Å². The third-order valence-corrected chi connectivity index (χ3v) is 6.33. The van der Waals surface area contributed by atoms with Crippen molar-refractivity contribution in [2.75, 3.05) is 6.61 Å². The summed E-state index contributed by atoms with van der Waals surface area (Å²) in [4.78, 5) is 9.05. The molecule has 3 heteroatoms. The standard InChI is InChI=1S/C26H38N2O/c1-3-5-8-23-19-27-26(28-20-23)24-14-16-25(17-15-24)29-18-6-9-22-12-10-21(7-4-2)11-13-22/h14-17,19-22H,3-13,18H2,1-2H3. The second kappa shape index (κ2) is 11.9. The van der Waals surface area contributed by atoms with Crippen molar-refractivity contribution in [3.05, 3.63) is 42.2 Å². The minimum atomic E-state index is 0.787. The second-order valence-electron chi connectivity index (χ2n) is 8.71. The molecular formula is C26H38N2O. The average Bonchev–Trinajstić information content (AvgIpc) is 2.77. The summed E-state index contributed by atoms with van der Waals surface area (Å²) in [6.07, 6.45) is 18.4. The molecule has 0 atom stereocenters. The lowest BCUT2D eigenvalue weighted by Crippen LogP contribution is -2.15. The van der Waals surface area contributed by atoms with Gasteiger partial charge in [-0.15, -0.1) is 0 Å². The van der Waals surface area contributed by atoms with Crippen LogP contribution in [0.2, 0.25) is 0 Å². The first-order valence-corrected chi connectivity index (χ1v) is 11.8. The molecule has 0 amide bonds. The molecule has 0 unspecified atom stereocenters. The van der Waals surface area contributed by atoms with Gasteiger partial charge in [0, 0.05) is 18.0 Å². The summed E-state index contributed by atoms with van der Waals surface area (Å²) in [5, 5.41) is 0. The highest BCUT2D eigenvalue weighted by Gasteiger charge is 2.20. The molecule has 1 aliphatic carbocycles. The molecule has 1 saturated carbocycles. The molecule has 1 aliphatic rings. The molecular weight excluding hydrogens is 356 g/mol. The van der Waals surface area contributed by atoms with Crippen LogP contribution in [0.5, 0.6) is 5.75 Å². The Bertz CT molecular complexity index is 688. The molecule has 0 saturated heterocycles. The van der Waals surface area contributed by atoms with Gasteiger partial charge in [0.1, 0.15) is 5.75 Å². The van der Waals surface area contributed by atoms with E-state index in [1.165, 1.54) is 63.4 Å². The molecule has 1 fully saturated rings. The van der Waals surface area contributed by atoms with Gasteiger partial charge < -0.3 is 4.74 Å². The molecule has 158 valence electrons. The molecule has 3 rings (SSSR count). The van der Waals surface area contributed by atoms with Crippen molar-refractivity contribution < 1.29 is 4.74 Å². The fourth-order valence-electron chi connectivity index (χ4n) is 4.49. The van der Waals surface area contributed by atoms with Crippen molar-refractivity contribution in [1.29, 1.82) is 0 Å². The highest BCUT2D eigenvalue weighted by molar-refractivity contribution is 5.55. The number of hydrogen-bond acceptors (Lipinski definition) is 3. The Hall–Kier alpha value is -1.90. The van der Waals surface area contributed by atoms with Crippen molar-refractivity contribution in [3.63, 3.8) is 0 Å². The summed E-state index contributed by atoms with van der Waals surface area (Å²) in [6.45, 7) is 5.33. The minimum absolute atomic E-state index is 0.787.